The number of ether oxygens (including phenoxy) is 3. The van der Waals surface area contributed by atoms with E-state index < -0.39 is 0 Å². The first-order valence-corrected chi connectivity index (χ1v) is 22.5. The standard InChI is InChI=1S/C46H89NO6/c1-10-11-26-41(39(4)5)36-51-44(35-48)29-23-19-16-15-18-22-28-43(53-46(50)31-25-34-47(8)9)27-21-17-13-12-14-20-24-30-45(49)52-37-42(40(6)7)33-32-38(2)3/h35,38-44H,10-34,36-37H2,1-9H3. The van der Waals surface area contributed by atoms with Gasteiger partial charge in [0.2, 0.25) is 0 Å². The molecule has 0 aromatic rings. The van der Waals surface area contributed by atoms with Gasteiger partial charge in [-0.05, 0) is 108 Å². The number of esters is 2. The quantitative estimate of drug-likeness (QED) is 0.0353. The molecule has 0 saturated carbocycles. The molecule has 0 bridgehead atoms. The summed E-state index contributed by atoms with van der Waals surface area (Å²) in [6.45, 7) is 17.8. The van der Waals surface area contributed by atoms with Gasteiger partial charge in [0.15, 0.2) is 0 Å². The number of carbonyl (C=O) groups excluding carboxylic acids is 3. The average Bonchev–Trinajstić information content (AvgIpc) is 3.10. The van der Waals surface area contributed by atoms with Gasteiger partial charge in [-0.2, -0.15) is 0 Å². The van der Waals surface area contributed by atoms with Crippen molar-refractivity contribution in [2.45, 2.75) is 215 Å². The highest BCUT2D eigenvalue weighted by Gasteiger charge is 2.18. The van der Waals surface area contributed by atoms with Gasteiger partial charge in [-0.3, -0.25) is 9.59 Å². The Morgan fingerprint density at radius 3 is 1.58 bits per heavy atom. The summed E-state index contributed by atoms with van der Waals surface area (Å²) in [6, 6.07) is 0. The second-order valence-electron chi connectivity index (χ2n) is 17.5. The first-order chi connectivity index (χ1) is 25.4. The van der Waals surface area contributed by atoms with E-state index in [1.165, 1.54) is 51.4 Å². The molecule has 0 aromatic heterocycles. The van der Waals surface area contributed by atoms with E-state index in [0.29, 0.717) is 55.6 Å². The van der Waals surface area contributed by atoms with Crippen LogP contribution in [0.5, 0.6) is 0 Å². The summed E-state index contributed by atoms with van der Waals surface area (Å²) in [5.41, 5.74) is 0. The van der Waals surface area contributed by atoms with E-state index in [2.05, 4.69) is 53.4 Å². The molecule has 0 radical (unpaired) electrons. The second kappa shape index (κ2) is 35.0. The van der Waals surface area contributed by atoms with Crippen molar-refractivity contribution in [3.8, 4) is 0 Å². The molecule has 0 aliphatic carbocycles. The Morgan fingerprint density at radius 2 is 1.08 bits per heavy atom. The highest BCUT2D eigenvalue weighted by molar-refractivity contribution is 5.69. The van der Waals surface area contributed by atoms with Crippen LogP contribution in [0.3, 0.4) is 0 Å². The molecule has 0 heterocycles. The molecule has 0 aliphatic rings. The molecule has 0 aliphatic heterocycles. The normalized spacial score (nSPS) is 14.2. The lowest BCUT2D eigenvalue weighted by Gasteiger charge is -2.22. The Kier molecular flexibility index (Phi) is 34.0. The molecular weight excluding hydrogens is 663 g/mol. The van der Waals surface area contributed by atoms with Gasteiger partial charge in [0.1, 0.15) is 18.5 Å². The highest BCUT2D eigenvalue weighted by atomic mass is 16.5. The first kappa shape index (κ1) is 51.5. The third-order valence-corrected chi connectivity index (χ3v) is 11.0. The van der Waals surface area contributed by atoms with Crippen molar-refractivity contribution in [3.63, 3.8) is 0 Å². The number of hydrogen-bond acceptors (Lipinski definition) is 7. The van der Waals surface area contributed by atoms with Gasteiger partial charge in [0.25, 0.3) is 0 Å². The van der Waals surface area contributed by atoms with E-state index in [1.807, 2.05) is 14.1 Å². The van der Waals surface area contributed by atoms with Gasteiger partial charge in [0, 0.05) is 12.8 Å². The van der Waals surface area contributed by atoms with Gasteiger partial charge in [0.05, 0.1) is 13.2 Å². The van der Waals surface area contributed by atoms with Crippen molar-refractivity contribution >= 4 is 18.2 Å². The fraction of sp³-hybridized carbons (Fsp3) is 0.935. The SMILES string of the molecule is CCCCC(COC(C=O)CCCCCCCCC(CCCCCCCCCC(=O)OCC(CCC(C)C)C(C)C)OC(=O)CCCN(C)C)C(C)C. The van der Waals surface area contributed by atoms with Crippen molar-refractivity contribution in [3.05, 3.63) is 0 Å². The largest absolute Gasteiger partial charge is 0.465 e. The molecular formula is C46H89NO6. The number of carbonyl (C=O) groups is 3. The van der Waals surface area contributed by atoms with Crippen LogP contribution in [0.1, 0.15) is 203 Å². The van der Waals surface area contributed by atoms with Crippen LogP contribution in [0.25, 0.3) is 0 Å². The van der Waals surface area contributed by atoms with Crippen molar-refractivity contribution in [1.82, 2.24) is 4.90 Å². The van der Waals surface area contributed by atoms with E-state index >= 15 is 0 Å². The Hall–Kier alpha value is -1.47. The van der Waals surface area contributed by atoms with Crippen LogP contribution in [0.4, 0.5) is 0 Å². The maximum atomic E-state index is 12.6. The zero-order valence-corrected chi connectivity index (χ0v) is 36.6. The number of unbranched alkanes of at least 4 members (excludes halogenated alkanes) is 12. The summed E-state index contributed by atoms with van der Waals surface area (Å²) >= 11 is 0. The minimum Gasteiger partial charge on any atom is -0.465 e. The summed E-state index contributed by atoms with van der Waals surface area (Å²) in [7, 11) is 4.07. The van der Waals surface area contributed by atoms with Gasteiger partial charge in [-0.1, -0.05) is 132 Å². The minimum atomic E-state index is -0.270. The summed E-state index contributed by atoms with van der Waals surface area (Å²) < 4.78 is 17.7. The van der Waals surface area contributed by atoms with Crippen molar-refractivity contribution in [1.29, 1.82) is 0 Å². The molecule has 7 heteroatoms. The lowest BCUT2D eigenvalue weighted by atomic mass is 9.89. The van der Waals surface area contributed by atoms with Crippen LogP contribution in [0.2, 0.25) is 0 Å². The monoisotopic (exact) mass is 752 g/mol. The van der Waals surface area contributed by atoms with E-state index in [-0.39, 0.29) is 24.1 Å². The molecule has 314 valence electrons. The Balaban J connectivity index is 4.31. The number of aldehydes is 1. The average molecular weight is 752 g/mol. The van der Waals surface area contributed by atoms with Gasteiger partial charge in [-0.15, -0.1) is 0 Å². The summed E-state index contributed by atoms with van der Waals surface area (Å²) in [5, 5.41) is 0. The summed E-state index contributed by atoms with van der Waals surface area (Å²) in [5.74, 6) is 2.71. The van der Waals surface area contributed by atoms with Crippen LogP contribution in [0.15, 0.2) is 0 Å². The third-order valence-electron chi connectivity index (χ3n) is 11.0. The van der Waals surface area contributed by atoms with Crippen molar-refractivity contribution in [2.75, 3.05) is 33.9 Å². The number of rotatable bonds is 38. The first-order valence-electron chi connectivity index (χ1n) is 22.5. The van der Waals surface area contributed by atoms with E-state index in [9.17, 15) is 14.4 Å². The van der Waals surface area contributed by atoms with E-state index in [0.717, 1.165) is 103 Å². The second-order valence-corrected chi connectivity index (χ2v) is 17.5. The smallest absolute Gasteiger partial charge is 0.306 e. The Bertz CT molecular complexity index is 859. The van der Waals surface area contributed by atoms with Crippen LogP contribution in [0, 0.1) is 29.6 Å². The minimum absolute atomic E-state index is 0.0195. The molecule has 0 rings (SSSR count). The lowest BCUT2D eigenvalue weighted by molar-refractivity contribution is -0.150. The molecule has 0 fully saturated rings. The molecule has 4 atom stereocenters. The number of hydrogen-bond donors (Lipinski definition) is 0. The Morgan fingerprint density at radius 1 is 0.566 bits per heavy atom. The third kappa shape index (κ3) is 32.5. The summed E-state index contributed by atoms with van der Waals surface area (Å²) in [4.78, 5) is 38.6. The topological polar surface area (TPSA) is 82.1 Å². The Labute approximate surface area is 329 Å². The van der Waals surface area contributed by atoms with Crippen molar-refractivity contribution < 1.29 is 28.6 Å². The predicted molar refractivity (Wildman–Crippen MR) is 223 cm³/mol. The zero-order valence-electron chi connectivity index (χ0n) is 36.6. The lowest BCUT2D eigenvalue weighted by Crippen LogP contribution is -2.22. The molecule has 0 saturated heterocycles. The zero-order chi connectivity index (χ0) is 39.7. The molecule has 0 spiro atoms. The predicted octanol–water partition coefficient (Wildman–Crippen LogP) is 12.2. The van der Waals surface area contributed by atoms with Crippen LogP contribution >= 0.6 is 0 Å². The van der Waals surface area contributed by atoms with Crippen LogP contribution in [-0.4, -0.2) is 69.2 Å². The summed E-state index contributed by atoms with van der Waals surface area (Å²) in [6.07, 6.45) is 25.7. The highest BCUT2D eigenvalue weighted by Crippen LogP contribution is 2.23. The van der Waals surface area contributed by atoms with Crippen molar-refractivity contribution in [2.24, 2.45) is 29.6 Å². The molecule has 0 amide bonds. The van der Waals surface area contributed by atoms with Gasteiger partial charge < -0.3 is 23.9 Å². The molecule has 53 heavy (non-hydrogen) atoms. The maximum Gasteiger partial charge on any atom is 0.306 e. The maximum absolute atomic E-state index is 12.6. The van der Waals surface area contributed by atoms with E-state index in [1.54, 1.807) is 0 Å². The number of nitrogens with zero attached hydrogens (tertiary/aromatic N) is 1. The molecule has 0 N–H and O–H groups in total. The fourth-order valence-electron chi connectivity index (χ4n) is 6.94. The van der Waals surface area contributed by atoms with Gasteiger partial charge in [-0.25, -0.2) is 0 Å². The fourth-order valence-corrected chi connectivity index (χ4v) is 6.94. The molecule has 7 nitrogen and oxygen atoms in total. The van der Waals surface area contributed by atoms with Gasteiger partial charge >= 0.3 is 11.9 Å². The molecule has 0 aromatic carbocycles. The van der Waals surface area contributed by atoms with E-state index in [4.69, 9.17) is 14.2 Å². The van der Waals surface area contributed by atoms with Crippen LogP contribution in [-0.2, 0) is 28.6 Å². The molecule has 4 unspecified atom stereocenters. The van der Waals surface area contributed by atoms with Crippen LogP contribution < -0.4 is 0 Å².